The van der Waals surface area contributed by atoms with Crippen molar-refractivity contribution in [3.05, 3.63) is 29.8 Å². The molecule has 1 atom stereocenters. The molecule has 0 radical (unpaired) electrons. The second kappa shape index (κ2) is 4.43. The van der Waals surface area contributed by atoms with Crippen molar-refractivity contribution < 1.29 is 9.53 Å². The first-order valence-electron chi connectivity index (χ1n) is 5.45. The molecule has 1 heterocycles. The fourth-order valence-corrected chi connectivity index (χ4v) is 1.81. The zero-order valence-electron chi connectivity index (χ0n) is 9.56. The topological polar surface area (TPSA) is 41.6 Å². The number of urea groups is 1. The van der Waals surface area contributed by atoms with Gasteiger partial charge in [0.1, 0.15) is 5.75 Å². The van der Waals surface area contributed by atoms with Crippen molar-refractivity contribution in [2.75, 3.05) is 20.2 Å². The Bertz CT molecular complexity index is 375. The van der Waals surface area contributed by atoms with E-state index in [2.05, 4.69) is 5.32 Å². The molecule has 4 heteroatoms. The molecule has 1 aliphatic heterocycles. The monoisotopic (exact) mass is 220 g/mol. The summed E-state index contributed by atoms with van der Waals surface area (Å²) in [5.74, 6) is 0.865. The van der Waals surface area contributed by atoms with Crippen molar-refractivity contribution in [1.82, 2.24) is 10.2 Å². The summed E-state index contributed by atoms with van der Waals surface area (Å²) in [5.41, 5.74) is 1.11. The Balaban J connectivity index is 2.08. The first kappa shape index (κ1) is 10.8. The Kier molecular flexibility index (Phi) is 2.99. The number of nitrogens with one attached hydrogen (secondary N) is 1. The second-order valence-electron chi connectivity index (χ2n) is 3.88. The molecule has 0 aromatic heterocycles. The Morgan fingerprint density at radius 3 is 2.62 bits per heavy atom. The molecule has 0 bridgehead atoms. The van der Waals surface area contributed by atoms with Gasteiger partial charge >= 0.3 is 6.03 Å². The van der Waals surface area contributed by atoms with Gasteiger partial charge in [0.15, 0.2) is 0 Å². The number of ether oxygens (including phenoxy) is 1. The van der Waals surface area contributed by atoms with Crippen LogP contribution in [0.15, 0.2) is 24.3 Å². The molecule has 2 amide bonds. The molecule has 16 heavy (non-hydrogen) atoms. The number of likely N-dealkylation sites (N-methyl/N-ethyl adjacent to an activating group) is 1. The van der Waals surface area contributed by atoms with E-state index >= 15 is 0 Å². The summed E-state index contributed by atoms with van der Waals surface area (Å²) in [6.45, 7) is 3.34. The van der Waals surface area contributed by atoms with Crippen molar-refractivity contribution >= 4 is 6.03 Å². The number of amides is 2. The number of benzene rings is 1. The molecule has 1 N–H and O–H groups in total. The molecule has 1 unspecified atom stereocenters. The van der Waals surface area contributed by atoms with Crippen LogP contribution in [0.3, 0.4) is 0 Å². The van der Waals surface area contributed by atoms with Crippen LogP contribution < -0.4 is 10.1 Å². The predicted molar refractivity (Wildman–Crippen MR) is 61.5 cm³/mol. The van der Waals surface area contributed by atoms with Crippen LogP contribution in [0.4, 0.5) is 4.79 Å². The van der Waals surface area contributed by atoms with E-state index < -0.39 is 0 Å². The molecule has 86 valence electrons. The highest BCUT2D eigenvalue weighted by molar-refractivity contribution is 5.76. The molecule has 0 saturated carbocycles. The van der Waals surface area contributed by atoms with Crippen LogP contribution in [0.2, 0.25) is 0 Å². The molecular formula is C12H16N2O2. The first-order valence-corrected chi connectivity index (χ1v) is 5.45. The molecule has 2 rings (SSSR count). The number of nitrogens with zero attached hydrogens (tertiary/aromatic N) is 1. The SMILES string of the molecule is CCOc1ccc(C2CN(C)C(=O)N2)cc1. The highest BCUT2D eigenvalue weighted by atomic mass is 16.5. The zero-order valence-corrected chi connectivity index (χ0v) is 9.56. The summed E-state index contributed by atoms with van der Waals surface area (Å²) in [4.78, 5) is 13.0. The van der Waals surface area contributed by atoms with Gasteiger partial charge < -0.3 is 15.0 Å². The minimum Gasteiger partial charge on any atom is -0.494 e. The van der Waals surface area contributed by atoms with E-state index in [9.17, 15) is 4.79 Å². The van der Waals surface area contributed by atoms with E-state index in [1.807, 2.05) is 31.2 Å². The third kappa shape index (κ3) is 2.10. The maximum absolute atomic E-state index is 11.3. The van der Waals surface area contributed by atoms with Gasteiger partial charge in [-0.3, -0.25) is 0 Å². The summed E-state index contributed by atoms with van der Waals surface area (Å²) >= 11 is 0. The van der Waals surface area contributed by atoms with Crippen molar-refractivity contribution in [3.8, 4) is 5.75 Å². The number of hydrogen-bond acceptors (Lipinski definition) is 2. The highest BCUT2D eigenvalue weighted by Gasteiger charge is 2.26. The molecule has 1 aromatic carbocycles. The van der Waals surface area contributed by atoms with Gasteiger partial charge in [0.25, 0.3) is 0 Å². The Hall–Kier alpha value is -1.71. The average Bonchev–Trinajstić information content (AvgIpc) is 2.61. The van der Waals surface area contributed by atoms with Crippen LogP contribution in [0, 0.1) is 0 Å². The predicted octanol–water partition coefficient (Wildman–Crippen LogP) is 1.78. The maximum Gasteiger partial charge on any atom is 0.317 e. The molecule has 1 aliphatic rings. The third-order valence-corrected chi connectivity index (χ3v) is 2.69. The Labute approximate surface area is 95.2 Å². The lowest BCUT2D eigenvalue weighted by Crippen LogP contribution is -2.23. The fraction of sp³-hybridized carbons (Fsp3) is 0.417. The second-order valence-corrected chi connectivity index (χ2v) is 3.88. The van der Waals surface area contributed by atoms with Crippen molar-refractivity contribution in [2.24, 2.45) is 0 Å². The van der Waals surface area contributed by atoms with Gasteiger partial charge in [0.05, 0.1) is 12.6 Å². The molecular weight excluding hydrogens is 204 g/mol. The number of rotatable bonds is 3. The standard InChI is InChI=1S/C12H16N2O2/c1-3-16-10-6-4-9(5-7-10)11-8-14(2)12(15)13-11/h4-7,11H,3,8H2,1-2H3,(H,13,15). The number of carbonyl (C=O) groups is 1. The molecule has 0 aliphatic carbocycles. The molecule has 0 spiro atoms. The smallest absolute Gasteiger partial charge is 0.317 e. The number of carbonyl (C=O) groups excluding carboxylic acids is 1. The zero-order chi connectivity index (χ0) is 11.5. The van der Waals surface area contributed by atoms with E-state index in [-0.39, 0.29) is 12.1 Å². The van der Waals surface area contributed by atoms with Crippen LogP contribution in [-0.4, -0.2) is 31.1 Å². The third-order valence-electron chi connectivity index (χ3n) is 2.69. The lowest BCUT2D eigenvalue weighted by molar-refractivity contribution is 0.226. The van der Waals surface area contributed by atoms with Gasteiger partial charge in [-0.1, -0.05) is 12.1 Å². The van der Waals surface area contributed by atoms with Crippen LogP contribution in [0.5, 0.6) is 5.75 Å². The lowest BCUT2D eigenvalue weighted by atomic mass is 10.1. The van der Waals surface area contributed by atoms with Crippen molar-refractivity contribution in [3.63, 3.8) is 0 Å². The van der Waals surface area contributed by atoms with Gasteiger partial charge in [0, 0.05) is 13.6 Å². The lowest BCUT2D eigenvalue weighted by Gasteiger charge is -2.10. The molecule has 1 saturated heterocycles. The van der Waals surface area contributed by atoms with Gasteiger partial charge in [0.2, 0.25) is 0 Å². The van der Waals surface area contributed by atoms with Gasteiger partial charge in [-0.05, 0) is 24.6 Å². The minimum atomic E-state index is -0.0149. The highest BCUT2D eigenvalue weighted by Crippen LogP contribution is 2.21. The van der Waals surface area contributed by atoms with Crippen LogP contribution in [-0.2, 0) is 0 Å². The van der Waals surface area contributed by atoms with Gasteiger partial charge in [-0.15, -0.1) is 0 Å². The maximum atomic E-state index is 11.3. The summed E-state index contributed by atoms with van der Waals surface area (Å²) in [5, 5.41) is 2.92. The van der Waals surface area contributed by atoms with Crippen LogP contribution in [0.25, 0.3) is 0 Å². The number of hydrogen-bond donors (Lipinski definition) is 1. The van der Waals surface area contributed by atoms with Gasteiger partial charge in [-0.2, -0.15) is 0 Å². The van der Waals surface area contributed by atoms with E-state index in [4.69, 9.17) is 4.74 Å². The first-order chi connectivity index (χ1) is 7.70. The summed E-state index contributed by atoms with van der Waals surface area (Å²) in [6, 6.07) is 7.93. The van der Waals surface area contributed by atoms with E-state index in [1.165, 1.54) is 0 Å². The quantitative estimate of drug-likeness (QED) is 0.843. The average molecular weight is 220 g/mol. The summed E-state index contributed by atoms with van der Waals surface area (Å²) in [7, 11) is 1.80. The van der Waals surface area contributed by atoms with Crippen LogP contribution >= 0.6 is 0 Å². The molecule has 1 aromatic rings. The Morgan fingerprint density at radius 1 is 1.44 bits per heavy atom. The molecule has 1 fully saturated rings. The van der Waals surface area contributed by atoms with Crippen molar-refractivity contribution in [2.45, 2.75) is 13.0 Å². The normalized spacial score (nSPS) is 19.8. The largest absolute Gasteiger partial charge is 0.494 e. The van der Waals surface area contributed by atoms with E-state index in [1.54, 1.807) is 11.9 Å². The van der Waals surface area contributed by atoms with Crippen molar-refractivity contribution in [1.29, 1.82) is 0 Å². The fourth-order valence-electron chi connectivity index (χ4n) is 1.81. The minimum absolute atomic E-state index is 0.0149. The van der Waals surface area contributed by atoms with Crippen LogP contribution in [0.1, 0.15) is 18.5 Å². The van der Waals surface area contributed by atoms with E-state index in [0.717, 1.165) is 11.3 Å². The summed E-state index contributed by atoms with van der Waals surface area (Å²) in [6.07, 6.45) is 0. The Morgan fingerprint density at radius 2 is 2.12 bits per heavy atom. The van der Waals surface area contributed by atoms with E-state index in [0.29, 0.717) is 13.2 Å². The van der Waals surface area contributed by atoms with Gasteiger partial charge in [-0.25, -0.2) is 4.79 Å². The molecule has 4 nitrogen and oxygen atoms in total. The summed E-state index contributed by atoms with van der Waals surface area (Å²) < 4.78 is 5.37.